The molecular weight excluding hydrogens is 437 g/mol. The number of benzene rings is 2. The van der Waals surface area contributed by atoms with Crippen molar-refractivity contribution in [2.24, 2.45) is 0 Å². The topological polar surface area (TPSA) is 108 Å². The van der Waals surface area contributed by atoms with Crippen LogP contribution in [0.3, 0.4) is 0 Å². The quantitative estimate of drug-likeness (QED) is 0.449. The Morgan fingerprint density at radius 3 is 2.65 bits per heavy atom. The van der Waals surface area contributed by atoms with E-state index in [2.05, 4.69) is 30.8 Å². The maximum absolute atomic E-state index is 14.8. The van der Waals surface area contributed by atoms with Crippen LogP contribution < -0.4 is 10.1 Å². The molecule has 0 aliphatic rings. The van der Waals surface area contributed by atoms with E-state index in [1.165, 1.54) is 6.07 Å². The largest absolute Gasteiger partial charge is 0.413 e. The van der Waals surface area contributed by atoms with Crippen LogP contribution in [0.4, 0.5) is 9.18 Å². The smallest absolute Gasteiger partial charge is 0.410 e. The molecule has 1 N–H and O–H groups in total. The summed E-state index contributed by atoms with van der Waals surface area (Å²) >= 11 is 0. The van der Waals surface area contributed by atoms with E-state index in [0.717, 1.165) is 5.56 Å². The summed E-state index contributed by atoms with van der Waals surface area (Å²) in [7, 11) is 0. The molecule has 4 rings (SSSR count). The molecule has 0 spiro atoms. The summed E-state index contributed by atoms with van der Waals surface area (Å²) in [6.07, 6.45) is 3.97. The molecule has 1 atom stereocenters. The van der Waals surface area contributed by atoms with E-state index >= 15 is 0 Å². The number of amides is 1. The van der Waals surface area contributed by atoms with Gasteiger partial charge in [0.15, 0.2) is 5.82 Å². The van der Waals surface area contributed by atoms with Crippen LogP contribution in [0.1, 0.15) is 49.8 Å². The minimum Gasteiger partial charge on any atom is -0.410 e. The Kier molecular flexibility index (Phi) is 6.58. The van der Waals surface area contributed by atoms with Gasteiger partial charge >= 0.3 is 6.09 Å². The van der Waals surface area contributed by atoms with Crippen LogP contribution in [0.5, 0.6) is 5.75 Å². The molecule has 2 aromatic carbocycles. The third-order valence-electron chi connectivity index (χ3n) is 5.15. The van der Waals surface area contributed by atoms with Gasteiger partial charge in [0.05, 0.1) is 23.6 Å². The first-order chi connectivity index (χ1) is 16.3. The second kappa shape index (κ2) is 9.74. The molecule has 34 heavy (non-hydrogen) atoms. The van der Waals surface area contributed by atoms with Crippen molar-refractivity contribution in [3.05, 3.63) is 77.9 Å². The number of tetrazole rings is 1. The van der Waals surface area contributed by atoms with Crippen LogP contribution in [0, 0.1) is 12.7 Å². The Morgan fingerprint density at radius 2 is 1.94 bits per heavy atom. The number of aromatic nitrogens is 6. The third-order valence-corrected chi connectivity index (χ3v) is 5.15. The van der Waals surface area contributed by atoms with Crippen molar-refractivity contribution in [2.75, 3.05) is 0 Å². The van der Waals surface area contributed by atoms with Gasteiger partial charge in [-0.05, 0) is 53.6 Å². The van der Waals surface area contributed by atoms with Crippen molar-refractivity contribution in [3.63, 3.8) is 0 Å². The zero-order valence-electron chi connectivity index (χ0n) is 19.2. The highest BCUT2D eigenvalue weighted by molar-refractivity contribution is 5.74. The number of hydrogen-bond acceptors (Lipinski definition) is 7. The van der Waals surface area contributed by atoms with Crippen LogP contribution in [-0.4, -0.2) is 36.3 Å². The number of rotatable bonds is 6. The Morgan fingerprint density at radius 1 is 1.12 bits per heavy atom. The molecule has 1 amide bonds. The minimum absolute atomic E-state index is 0.0373. The predicted molar refractivity (Wildman–Crippen MR) is 123 cm³/mol. The van der Waals surface area contributed by atoms with Crippen molar-refractivity contribution in [1.29, 1.82) is 0 Å². The number of halogens is 1. The van der Waals surface area contributed by atoms with Gasteiger partial charge in [-0.1, -0.05) is 26.0 Å². The fraction of sp³-hybridized carbons (Fsp3) is 0.250. The van der Waals surface area contributed by atoms with Crippen LogP contribution in [0.25, 0.3) is 16.8 Å². The van der Waals surface area contributed by atoms with Gasteiger partial charge in [0.25, 0.3) is 0 Å². The van der Waals surface area contributed by atoms with Gasteiger partial charge in [-0.3, -0.25) is 9.97 Å². The summed E-state index contributed by atoms with van der Waals surface area (Å²) in [6, 6.07) is 9.51. The van der Waals surface area contributed by atoms with E-state index in [-0.39, 0.29) is 17.5 Å². The molecule has 9 nitrogen and oxygen atoms in total. The normalized spacial score (nSPS) is 11.9. The van der Waals surface area contributed by atoms with Gasteiger partial charge in [-0.25, -0.2) is 9.18 Å². The average Bonchev–Trinajstić information content (AvgIpc) is 3.30. The maximum Gasteiger partial charge on any atom is 0.413 e. The van der Waals surface area contributed by atoms with Gasteiger partial charge in [0.1, 0.15) is 11.6 Å². The van der Waals surface area contributed by atoms with E-state index in [9.17, 15) is 9.18 Å². The molecule has 174 valence electrons. The molecular formula is C24H24FN7O2. The van der Waals surface area contributed by atoms with Gasteiger partial charge in [0, 0.05) is 29.9 Å². The second-order valence-electron chi connectivity index (χ2n) is 8.19. The molecule has 2 heterocycles. The summed E-state index contributed by atoms with van der Waals surface area (Å²) in [5, 5.41) is 14.7. The molecule has 4 aromatic rings. The highest BCUT2D eigenvalue weighted by atomic mass is 19.1. The molecule has 0 saturated carbocycles. The first-order valence-corrected chi connectivity index (χ1v) is 10.8. The standard InChI is InChI=1S/C24H24FN7O2/c1-14(2)23-29-30-31-32(23)18-10-17(20-6-5-15(3)9-21(20)25)11-19(12-18)34-24(33)28-16(4)22-13-26-7-8-27-22/h5-14,16H,1-4H3,(H,28,33). The van der Waals surface area contributed by atoms with Gasteiger partial charge in [0.2, 0.25) is 0 Å². The first kappa shape index (κ1) is 23.0. The Hall–Kier alpha value is -4.21. The summed E-state index contributed by atoms with van der Waals surface area (Å²) in [6.45, 7) is 7.51. The highest BCUT2D eigenvalue weighted by Crippen LogP contribution is 2.31. The zero-order valence-corrected chi connectivity index (χ0v) is 19.2. The number of ether oxygens (including phenoxy) is 1. The Balaban J connectivity index is 1.70. The Bertz CT molecular complexity index is 1310. The summed E-state index contributed by atoms with van der Waals surface area (Å²) in [5.41, 5.74) is 2.81. The Labute approximate surface area is 196 Å². The number of nitrogens with zero attached hydrogens (tertiary/aromatic N) is 6. The van der Waals surface area contributed by atoms with Crippen LogP contribution in [-0.2, 0) is 0 Å². The van der Waals surface area contributed by atoms with Crippen molar-refractivity contribution in [2.45, 2.75) is 39.7 Å². The molecule has 2 aromatic heterocycles. The third kappa shape index (κ3) is 5.06. The average molecular weight is 462 g/mol. The molecule has 1 unspecified atom stereocenters. The van der Waals surface area contributed by atoms with Crippen LogP contribution in [0.2, 0.25) is 0 Å². The lowest BCUT2D eigenvalue weighted by molar-refractivity contribution is 0.196. The van der Waals surface area contributed by atoms with Crippen molar-refractivity contribution < 1.29 is 13.9 Å². The van der Waals surface area contributed by atoms with E-state index in [1.54, 1.807) is 54.5 Å². The predicted octanol–water partition coefficient (Wildman–Crippen LogP) is 4.54. The zero-order chi connectivity index (χ0) is 24.2. The van der Waals surface area contributed by atoms with E-state index in [4.69, 9.17) is 4.74 Å². The van der Waals surface area contributed by atoms with Gasteiger partial charge in [-0.2, -0.15) is 4.68 Å². The molecule has 0 radical (unpaired) electrons. The molecule has 0 aliphatic carbocycles. The minimum atomic E-state index is -0.688. The number of carbonyl (C=O) groups excluding carboxylic acids is 1. The number of carbonyl (C=O) groups is 1. The molecule has 0 aliphatic heterocycles. The fourth-order valence-corrected chi connectivity index (χ4v) is 3.43. The fourth-order valence-electron chi connectivity index (χ4n) is 3.43. The van der Waals surface area contributed by atoms with Crippen LogP contribution >= 0.6 is 0 Å². The molecule has 0 fully saturated rings. The number of aryl methyl sites for hydroxylation is 1. The van der Waals surface area contributed by atoms with Crippen molar-refractivity contribution in [1.82, 2.24) is 35.5 Å². The maximum atomic E-state index is 14.8. The van der Waals surface area contributed by atoms with Crippen molar-refractivity contribution in [3.8, 4) is 22.6 Å². The van der Waals surface area contributed by atoms with E-state index in [0.29, 0.717) is 28.3 Å². The van der Waals surface area contributed by atoms with Crippen LogP contribution in [0.15, 0.2) is 55.0 Å². The van der Waals surface area contributed by atoms with Gasteiger partial charge < -0.3 is 10.1 Å². The SMILES string of the molecule is Cc1ccc(-c2cc(OC(=O)NC(C)c3cnccn3)cc(-n3nnnc3C(C)C)c2)c(F)c1. The summed E-state index contributed by atoms with van der Waals surface area (Å²) in [5.74, 6) is 0.481. The summed E-state index contributed by atoms with van der Waals surface area (Å²) in [4.78, 5) is 20.8. The summed E-state index contributed by atoms with van der Waals surface area (Å²) < 4.78 is 21.9. The molecule has 0 saturated heterocycles. The lowest BCUT2D eigenvalue weighted by Gasteiger charge is -2.15. The lowest BCUT2D eigenvalue weighted by Crippen LogP contribution is -2.30. The van der Waals surface area contributed by atoms with E-state index < -0.39 is 12.1 Å². The number of nitrogens with one attached hydrogen (secondary N) is 1. The first-order valence-electron chi connectivity index (χ1n) is 10.8. The molecule has 10 heteroatoms. The lowest BCUT2D eigenvalue weighted by atomic mass is 10.0. The molecule has 0 bridgehead atoms. The monoisotopic (exact) mass is 461 g/mol. The second-order valence-corrected chi connectivity index (χ2v) is 8.19. The van der Waals surface area contributed by atoms with E-state index in [1.807, 2.05) is 26.8 Å². The van der Waals surface area contributed by atoms with Crippen molar-refractivity contribution >= 4 is 6.09 Å². The highest BCUT2D eigenvalue weighted by Gasteiger charge is 2.18. The number of hydrogen-bond donors (Lipinski definition) is 1. The van der Waals surface area contributed by atoms with Gasteiger partial charge in [-0.15, -0.1) is 5.10 Å².